The number of halogens is 1. The molecule has 0 amide bonds. The summed E-state index contributed by atoms with van der Waals surface area (Å²) in [5, 5.41) is 9.08. The van der Waals surface area contributed by atoms with Crippen molar-refractivity contribution in [2.24, 2.45) is 0 Å². The van der Waals surface area contributed by atoms with E-state index < -0.39 is 12.1 Å². The summed E-state index contributed by atoms with van der Waals surface area (Å²) in [5.41, 5.74) is 3.02. The van der Waals surface area contributed by atoms with Gasteiger partial charge in [0, 0.05) is 0 Å². The molecular formula is C18H19FO2. The molecular weight excluding hydrogens is 267 g/mol. The molecule has 2 aromatic carbocycles. The van der Waals surface area contributed by atoms with Crippen LogP contribution in [-0.2, 0) is 11.2 Å². The predicted molar refractivity (Wildman–Crippen MR) is 82.0 cm³/mol. The first-order chi connectivity index (χ1) is 10.1. The zero-order valence-corrected chi connectivity index (χ0v) is 12.1. The Bertz CT molecular complexity index is 608. The molecule has 0 aliphatic heterocycles. The van der Waals surface area contributed by atoms with Crippen LogP contribution in [0.25, 0.3) is 11.1 Å². The quantitative estimate of drug-likeness (QED) is 0.828. The van der Waals surface area contributed by atoms with Gasteiger partial charge in [0.25, 0.3) is 0 Å². The minimum absolute atomic E-state index is 0.100. The summed E-state index contributed by atoms with van der Waals surface area (Å²) in [6.45, 7) is 1.93. The molecule has 0 bridgehead atoms. The van der Waals surface area contributed by atoms with Gasteiger partial charge in [-0.2, -0.15) is 0 Å². The highest BCUT2D eigenvalue weighted by atomic mass is 19.1. The van der Waals surface area contributed by atoms with Gasteiger partial charge in [-0.25, -0.2) is 4.39 Å². The van der Waals surface area contributed by atoms with Crippen molar-refractivity contribution in [1.29, 1.82) is 0 Å². The molecule has 1 N–H and O–H groups in total. The maximum Gasteiger partial charge on any atom is 0.307 e. The number of aliphatic carboxylic acids is 1. The lowest BCUT2D eigenvalue weighted by Crippen LogP contribution is -2.03. The fourth-order valence-corrected chi connectivity index (χ4v) is 2.44. The maximum absolute atomic E-state index is 14.0. The Morgan fingerprint density at radius 1 is 1.19 bits per heavy atom. The first-order valence-electron chi connectivity index (χ1n) is 7.16. The van der Waals surface area contributed by atoms with E-state index in [9.17, 15) is 9.18 Å². The van der Waals surface area contributed by atoms with E-state index in [2.05, 4.69) is 0 Å². The third-order valence-corrected chi connectivity index (χ3v) is 3.46. The smallest absolute Gasteiger partial charge is 0.307 e. The second-order valence-corrected chi connectivity index (χ2v) is 5.11. The molecule has 0 saturated carbocycles. The van der Waals surface area contributed by atoms with E-state index in [0.717, 1.165) is 17.5 Å². The third-order valence-electron chi connectivity index (χ3n) is 3.46. The summed E-state index contributed by atoms with van der Waals surface area (Å²) in [5.74, 6) is -0.907. The van der Waals surface area contributed by atoms with Crippen LogP contribution in [0.1, 0.15) is 37.1 Å². The van der Waals surface area contributed by atoms with E-state index in [4.69, 9.17) is 5.11 Å². The predicted octanol–water partition coefficient (Wildman–Crippen LogP) is 4.79. The van der Waals surface area contributed by atoms with Crippen LogP contribution in [0.15, 0.2) is 48.5 Å². The van der Waals surface area contributed by atoms with E-state index in [-0.39, 0.29) is 6.42 Å². The van der Waals surface area contributed by atoms with Crippen LogP contribution >= 0.6 is 0 Å². The standard InChI is InChI=1S/C18H19FO2/c1-2-6-17(19)14-9-10-16(13-7-4-3-5-8-13)15(11-14)12-18(20)21/h3-5,7-11,17H,2,6,12H2,1H3,(H,20,21). The van der Waals surface area contributed by atoms with Crippen LogP contribution in [0.2, 0.25) is 0 Å². The van der Waals surface area contributed by atoms with E-state index in [1.54, 1.807) is 12.1 Å². The Kier molecular flexibility index (Phi) is 5.09. The van der Waals surface area contributed by atoms with Gasteiger partial charge in [0.1, 0.15) is 6.17 Å². The summed E-state index contributed by atoms with van der Waals surface area (Å²) in [6, 6.07) is 14.9. The molecule has 0 fully saturated rings. The van der Waals surface area contributed by atoms with E-state index in [0.29, 0.717) is 17.5 Å². The largest absolute Gasteiger partial charge is 0.481 e. The van der Waals surface area contributed by atoms with Crippen molar-refractivity contribution in [1.82, 2.24) is 0 Å². The van der Waals surface area contributed by atoms with Gasteiger partial charge < -0.3 is 5.11 Å². The highest BCUT2D eigenvalue weighted by Gasteiger charge is 2.14. The number of hydrogen-bond donors (Lipinski definition) is 1. The summed E-state index contributed by atoms with van der Waals surface area (Å²) < 4.78 is 14.0. The lowest BCUT2D eigenvalue weighted by molar-refractivity contribution is -0.136. The number of hydrogen-bond acceptors (Lipinski definition) is 1. The van der Waals surface area contributed by atoms with Gasteiger partial charge in [0.15, 0.2) is 0 Å². The fraction of sp³-hybridized carbons (Fsp3) is 0.278. The summed E-state index contributed by atoms with van der Waals surface area (Å²) >= 11 is 0. The fourth-order valence-electron chi connectivity index (χ4n) is 2.44. The van der Waals surface area contributed by atoms with Gasteiger partial charge in [-0.05, 0) is 28.7 Å². The number of carboxylic acid groups (broad SMARTS) is 1. The molecule has 0 aliphatic carbocycles. The molecule has 0 saturated heterocycles. The second-order valence-electron chi connectivity index (χ2n) is 5.11. The molecule has 21 heavy (non-hydrogen) atoms. The SMILES string of the molecule is CCCC(F)c1ccc(-c2ccccc2)c(CC(=O)O)c1. The molecule has 1 atom stereocenters. The van der Waals surface area contributed by atoms with Gasteiger partial charge >= 0.3 is 5.97 Å². The van der Waals surface area contributed by atoms with Crippen molar-refractivity contribution in [3.8, 4) is 11.1 Å². The van der Waals surface area contributed by atoms with Crippen LogP contribution in [-0.4, -0.2) is 11.1 Å². The van der Waals surface area contributed by atoms with Crippen molar-refractivity contribution < 1.29 is 14.3 Å². The minimum Gasteiger partial charge on any atom is -0.481 e. The van der Waals surface area contributed by atoms with Crippen molar-refractivity contribution >= 4 is 5.97 Å². The first-order valence-corrected chi connectivity index (χ1v) is 7.16. The topological polar surface area (TPSA) is 37.3 Å². The number of rotatable bonds is 6. The second kappa shape index (κ2) is 7.02. The van der Waals surface area contributed by atoms with Crippen LogP contribution in [0.3, 0.4) is 0 Å². The zero-order valence-electron chi connectivity index (χ0n) is 12.1. The van der Waals surface area contributed by atoms with Gasteiger partial charge in [-0.3, -0.25) is 4.79 Å². The molecule has 2 rings (SSSR count). The number of carboxylic acids is 1. The Morgan fingerprint density at radius 2 is 1.90 bits per heavy atom. The highest BCUT2D eigenvalue weighted by molar-refractivity contribution is 5.77. The number of benzene rings is 2. The van der Waals surface area contributed by atoms with Crippen LogP contribution in [0.4, 0.5) is 4.39 Å². The van der Waals surface area contributed by atoms with Crippen molar-refractivity contribution in [3.05, 3.63) is 59.7 Å². The summed E-state index contributed by atoms with van der Waals surface area (Å²) in [4.78, 5) is 11.1. The van der Waals surface area contributed by atoms with Gasteiger partial charge in [-0.15, -0.1) is 0 Å². The molecule has 3 heteroatoms. The molecule has 110 valence electrons. The Labute approximate surface area is 124 Å². The molecule has 0 radical (unpaired) electrons. The van der Waals surface area contributed by atoms with E-state index >= 15 is 0 Å². The van der Waals surface area contributed by atoms with Crippen LogP contribution in [0.5, 0.6) is 0 Å². The molecule has 2 aromatic rings. The average molecular weight is 286 g/mol. The third kappa shape index (κ3) is 3.91. The van der Waals surface area contributed by atoms with E-state index in [1.165, 1.54) is 0 Å². The Morgan fingerprint density at radius 3 is 2.52 bits per heavy atom. The zero-order chi connectivity index (χ0) is 15.2. The normalized spacial score (nSPS) is 12.1. The summed E-state index contributed by atoms with van der Waals surface area (Å²) in [6.07, 6.45) is 0.0802. The number of alkyl halides is 1. The van der Waals surface area contributed by atoms with Crippen LogP contribution in [0, 0.1) is 0 Å². The molecule has 0 heterocycles. The van der Waals surface area contributed by atoms with Crippen molar-refractivity contribution in [2.45, 2.75) is 32.4 Å². The average Bonchev–Trinajstić information content (AvgIpc) is 2.47. The molecule has 2 nitrogen and oxygen atoms in total. The van der Waals surface area contributed by atoms with Crippen molar-refractivity contribution in [3.63, 3.8) is 0 Å². The van der Waals surface area contributed by atoms with Gasteiger partial charge in [0.2, 0.25) is 0 Å². The first kappa shape index (κ1) is 15.2. The van der Waals surface area contributed by atoms with Crippen LogP contribution < -0.4 is 0 Å². The lowest BCUT2D eigenvalue weighted by Gasteiger charge is -2.13. The number of carbonyl (C=O) groups is 1. The van der Waals surface area contributed by atoms with Gasteiger partial charge in [-0.1, -0.05) is 61.9 Å². The maximum atomic E-state index is 14.0. The Hall–Kier alpha value is -2.16. The van der Waals surface area contributed by atoms with Crippen molar-refractivity contribution in [2.75, 3.05) is 0 Å². The monoisotopic (exact) mass is 286 g/mol. The lowest BCUT2D eigenvalue weighted by atomic mass is 9.93. The molecule has 0 spiro atoms. The van der Waals surface area contributed by atoms with E-state index in [1.807, 2.05) is 43.3 Å². The highest BCUT2D eigenvalue weighted by Crippen LogP contribution is 2.30. The minimum atomic E-state index is -1.03. The Balaban J connectivity index is 2.43. The van der Waals surface area contributed by atoms with Gasteiger partial charge in [0.05, 0.1) is 6.42 Å². The molecule has 0 aliphatic rings. The molecule has 1 unspecified atom stereocenters. The summed E-state index contributed by atoms with van der Waals surface area (Å²) in [7, 11) is 0. The molecule has 0 aromatic heterocycles.